The molecule has 0 saturated carbocycles. The number of nitrogens with one attached hydrogen (secondary N) is 1. The van der Waals surface area contributed by atoms with Gasteiger partial charge in [-0.2, -0.15) is 0 Å². The Hall–Kier alpha value is -2.28. The monoisotopic (exact) mass is 351 g/mol. The van der Waals surface area contributed by atoms with Crippen LogP contribution >= 0.6 is 23.2 Å². The molecule has 1 aromatic heterocycles. The van der Waals surface area contributed by atoms with E-state index in [1.807, 2.05) is 11.4 Å². The highest BCUT2D eigenvalue weighted by Gasteiger charge is 2.13. The summed E-state index contributed by atoms with van der Waals surface area (Å²) in [5.41, 5.74) is 1.84. The van der Waals surface area contributed by atoms with Gasteiger partial charge in [0.2, 0.25) is 0 Å². The first kappa shape index (κ1) is 17.1. The van der Waals surface area contributed by atoms with Crippen molar-refractivity contribution in [3.05, 3.63) is 64.2 Å². The summed E-state index contributed by atoms with van der Waals surface area (Å²) in [7, 11) is 0. The first-order valence-corrected chi connectivity index (χ1v) is 7.30. The van der Waals surface area contributed by atoms with E-state index in [1.165, 1.54) is 12.4 Å². The van der Waals surface area contributed by atoms with Gasteiger partial charge in [0.15, 0.2) is 11.4 Å². The zero-order chi connectivity index (χ0) is 16.8. The molecule has 2 aromatic rings. The molecule has 0 bridgehead atoms. The SMILES string of the molecule is N=C(/C=C/C(=O)O)c1ncncc1[NH2+]Cc1ccc(Cl)cc1Cl. The van der Waals surface area contributed by atoms with Crippen molar-refractivity contribution in [2.45, 2.75) is 6.54 Å². The van der Waals surface area contributed by atoms with Crippen LogP contribution in [0.2, 0.25) is 10.0 Å². The van der Waals surface area contributed by atoms with E-state index < -0.39 is 5.97 Å². The number of halogens is 2. The molecular formula is C15H13Cl2N4O2+. The molecule has 0 aliphatic rings. The number of carboxylic acids is 1. The Morgan fingerprint density at radius 3 is 2.83 bits per heavy atom. The Labute approximate surface area is 142 Å². The zero-order valence-corrected chi connectivity index (χ0v) is 13.3. The van der Waals surface area contributed by atoms with Crippen LogP contribution in [-0.4, -0.2) is 26.8 Å². The number of carbonyl (C=O) groups is 1. The molecule has 1 heterocycles. The van der Waals surface area contributed by atoms with Crippen molar-refractivity contribution in [1.29, 1.82) is 5.41 Å². The van der Waals surface area contributed by atoms with Crippen molar-refractivity contribution in [3.63, 3.8) is 0 Å². The fraction of sp³-hybridized carbons (Fsp3) is 0.0667. The van der Waals surface area contributed by atoms with Crippen molar-refractivity contribution in [2.75, 3.05) is 0 Å². The average molecular weight is 352 g/mol. The van der Waals surface area contributed by atoms with E-state index in [9.17, 15) is 4.79 Å². The molecule has 0 unspecified atom stereocenters. The van der Waals surface area contributed by atoms with Gasteiger partial charge in [0, 0.05) is 16.7 Å². The van der Waals surface area contributed by atoms with Crippen molar-refractivity contribution in [3.8, 4) is 0 Å². The van der Waals surface area contributed by atoms with Gasteiger partial charge in [0.1, 0.15) is 12.9 Å². The second-order valence-corrected chi connectivity index (χ2v) is 5.40. The Kier molecular flexibility index (Phi) is 5.81. The Balaban J connectivity index is 2.17. The maximum atomic E-state index is 10.5. The summed E-state index contributed by atoms with van der Waals surface area (Å²) in [6.07, 6.45) is 4.95. The molecular weight excluding hydrogens is 339 g/mol. The molecule has 0 aliphatic heterocycles. The van der Waals surface area contributed by atoms with Crippen LogP contribution < -0.4 is 5.32 Å². The van der Waals surface area contributed by atoms with Crippen LogP contribution in [0.5, 0.6) is 0 Å². The second-order valence-electron chi connectivity index (χ2n) is 4.56. The van der Waals surface area contributed by atoms with E-state index in [1.54, 1.807) is 18.3 Å². The number of hydrogen-bond acceptors (Lipinski definition) is 4. The minimum atomic E-state index is -1.12. The third-order valence-electron chi connectivity index (χ3n) is 2.95. The van der Waals surface area contributed by atoms with Crippen LogP contribution in [0.15, 0.2) is 42.9 Å². The summed E-state index contributed by atoms with van der Waals surface area (Å²) < 4.78 is 0. The van der Waals surface area contributed by atoms with E-state index in [2.05, 4.69) is 9.97 Å². The zero-order valence-electron chi connectivity index (χ0n) is 11.8. The Morgan fingerprint density at radius 2 is 2.13 bits per heavy atom. The van der Waals surface area contributed by atoms with E-state index >= 15 is 0 Å². The number of carboxylic acid groups (broad SMARTS) is 1. The minimum absolute atomic E-state index is 0.0109. The summed E-state index contributed by atoms with van der Waals surface area (Å²) in [6, 6.07) is 5.23. The van der Waals surface area contributed by atoms with Crippen molar-refractivity contribution in [2.24, 2.45) is 0 Å². The van der Waals surface area contributed by atoms with Crippen molar-refractivity contribution < 1.29 is 15.2 Å². The number of benzene rings is 1. The molecule has 1 aromatic carbocycles. The molecule has 118 valence electrons. The first-order chi connectivity index (χ1) is 11.0. The minimum Gasteiger partial charge on any atom is -0.478 e. The van der Waals surface area contributed by atoms with E-state index in [0.717, 1.165) is 11.6 Å². The summed E-state index contributed by atoms with van der Waals surface area (Å²) in [6.45, 7) is 0.506. The van der Waals surface area contributed by atoms with Crippen molar-refractivity contribution >= 4 is 40.6 Å². The number of aliphatic carboxylic acids is 1. The van der Waals surface area contributed by atoms with Gasteiger partial charge in [0.05, 0.1) is 16.9 Å². The van der Waals surface area contributed by atoms with Gasteiger partial charge in [-0.1, -0.05) is 29.3 Å². The molecule has 23 heavy (non-hydrogen) atoms. The third-order valence-corrected chi connectivity index (χ3v) is 3.53. The fourth-order valence-corrected chi connectivity index (χ4v) is 2.34. The summed E-state index contributed by atoms with van der Waals surface area (Å²) >= 11 is 12.0. The largest absolute Gasteiger partial charge is 0.478 e. The molecule has 8 heteroatoms. The lowest BCUT2D eigenvalue weighted by Gasteiger charge is -2.06. The van der Waals surface area contributed by atoms with Gasteiger partial charge >= 0.3 is 5.97 Å². The maximum absolute atomic E-state index is 10.5. The highest BCUT2D eigenvalue weighted by Crippen LogP contribution is 2.20. The molecule has 6 nitrogen and oxygen atoms in total. The predicted molar refractivity (Wildman–Crippen MR) is 87.4 cm³/mol. The molecule has 0 radical (unpaired) electrons. The van der Waals surface area contributed by atoms with Gasteiger partial charge in [-0.05, 0) is 18.2 Å². The smallest absolute Gasteiger partial charge is 0.328 e. The number of quaternary nitrogens is 1. The summed E-state index contributed by atoms with van der Waals surface area (Å²) in [4.78, 5) is 18.5. The average Bonchev–Trinajstić information content (AvgIpc) is 2.52. The molecule has 0 fully saturated rings. The second kappa shape index (κ2) is 7.82. The lowest BCUT2D eigenvalue weighted by Crippen LogP contribution is -2.76. The van der Waals surface area contributed by atoms with Crippen LogP contribution in [0.3, 0.4) is 0 Å². The fourth-order valence-electron chi connectivity index (χ4n) is 1.86. The van der Waals surface area contributed by atoms with Gasteiger partial charge in [-0.15, -0.1) is 0 Å². The molecule has 0 atom stereocenters. The third kappa shape index (κ3) is 4.85. The number of aromatic nitrogens is 2. The van der Waals surface area contributed by atoms with Crippen LogP contribution in [0.4, 0.5) is 5.69 Å². The number of rotatable bonds is 6. The van der Waals surface area contributed by atoms with Crippen LogP contribution in [0.1, 0.15) is 11.3 Å². The number of allylic oxidation sites excluding steroid dienone is 1. The molecule has 0 amide bonds. The van der Waals surface area contributed by atoms with E-state index in [0.29, 0.717) is 28.0 Å². The highest BCUT2D eigenvalue weighted by molar-refractivity contribution is 6.35. The van der Waals surface area contributed by atoms with Gasteiger partial charge < -0.3 is 10.4 Å². The van der Waals surface area contributed by atoms with Crippen molar-refractivity contribution in [1.82, 2.24) is 9.97 Å². The van der Waals surface area contributed by atoms with Gasteiger partial charge in [-0.3, -0.25) is 5.41 Å². The topological polar surface area (TPSA) is 104 Å². The number of nitrogens with two attached hydrogens (primary N) is 1. The Bertz CT molecular complexity index is 778. The summed E-state index contributed by atoms with van der Waals surface area (Å²) in [5.74, 6) is -1.12. The predicted octanol–water partition coefficient (Wildman–Crippen LogP) is 2.19. The molecule has 0 spiro atoms. The lowest BCUT2D eigenvalue weighted by molar-refractivity contribution is -0.589. The molecule has 0 saturated heterocycles. The van der Waals surface area contributed by atoms with E-state index in [-0.39, 0.29) is 5.71 Å². The normalized spacial score (nSPS) is 10.9. The molecule has 4 N–H and O–H groups in total. The van der Waals surface area contributed by atoms with E-state index in [4.69, 9.17) is 33.7 Å². The van der Waals surface area contributed by atoms with Gasteiger partial charge in [0.25, 0.3) is 0 Å². The lowest BCUT2D eigenvalue weighted by atomic mass is 10.2. The number of nitrogens with zero attached hydrogens (tertiary/aromatic N) is 2. The molecule has 2 rings (SSSR count). The Morgan fingerprint density at radius 1 is 1.35 bits per heavy atom. The van der Waals surface area contributed by atoms with Gasteiger partial charge in [-0.25, -0.2) is 14.8 Å². The number of hydrogen-bond donors (Lipinski definition) is 3. The summed E-state index contributed by atoms with van der Waals surface area (Å²) in [5, 5.41) is 19.5. The quantitative estimate of drug-likeness (QED) is 0.548. The van der Waals surface area contributed by atoms with Crippen LogP contribution in [0.25, 0.3) is 0 Å². The highest BCUT2D eigenvalue weighted by atomic mass is 35.5. The first-order valence-electron chi connectivity index (χ1n) is 6.54. The van der Waals surface area contributed by atoms with Crippen LogP contribution in [-0.2, 0) is 11.3 Å². The van der Waals surface area contributed by atoms with Crippen LogP contribution in [0, 0.1) is 5.41 Å². The standard InChI is InChI=1S/C15H12Cl2N4O2/c16-10-2-1-9(11(17)5-10)6-20-13-7-19-8-21-15(13)12(18)3-4-14(22)23/h1-5,7-8,18,20H,6H2,(H,22,23)/p+1/b4-3+,18-12?. The maximum Gasteiger partial charge on any atom is 0.328 e. The molecule has 0 aliphatic carbocycles.